The molecule has 1 heterocycles. The lowest BCUT2D eigenvalue weighted by Crippen LogP contribution is -2.17. The highest BCUT2D eigenvalue weighted by Gasteiger charge is 2.11. The Balaban J connectivity index is 2.25. The van der Waals surface area contributed by atoms with Crippen molar-refractivity contribution in [1.29, 1.82) is 0 Å². The minimum absolute atomic E-state index is 0.776. The molecule has 0 spiro atoms. The van der Waals surface area contributed by atoms with Crippen molar-refractivity contribution in [2.45, 2.75) is 45.6 Å². The van der Waals surface area contributed by atoms with Gasteiger partial charge in [-0.1, -0.05) is 31.4 Å². The van der Waals surface area contributed by atoms with Crippen LogP contribution in [0.4, 0.5) is 0 Å². The summed E-state index contributed by atoms with van der Waals surface area (Å²) in [7, 11) is 1.95. The molecular weight excluding hydrogens is 269 g/mol. The maximum absolute atomic E-state index is 6.27. The second-order valence-corrected chi connectivity index (χ2v) is 5.22. The monoisotopic (exact) mass is 291 g/mol. The van der Waals surface area contributed by atoms with Gasteiger partial charge in [-0.2, -0.15) is 5.10 Å². The summed E-state index contributed by atoms with van der Waals surface area (Å²) in [6.45, 7) is 3.88. The largest absolute Gasteiger partial charge is 0.311 e. The number of nitrogens with zero attached hydrogens (tertiary/aromatic N) is 2. The summed E-state index contributed by atoms with van der Waals surface area (Å²) in [5.41, 5.74) is 2.06. The van der Waals surface area contributed by atoms with E-state index in [0.717, 1.165) is 48.2 Å². The van der Waals surface area contributed by atoms with Gasteiger partial charge in [-0.05, 0) is 25.8 Å². The number of aromatic nitrogens is 2. The lowest BCUT2D eigenvalue weighted by molar-refractivity contribution is 0.577. The van der Waals surface area contributed by atoms with E-state index in [9.17, 15) is 0 Å². The van der Waals surface area contributed by atoms with E-state index in [2.05, 4.69) is 17.3 Å². The fraction of sp³-hybridized carbons (Fsp3) is 0.769. The predicted molar refractivity (Wildman–Crippen MR) is 78.5 cm³/mol. The molecule has 0 aliphatic heterocycles. The van der Waals surface area contributed by atoms with Crippen molar-refractivity contribution in [2.24, 2.45) is 7.05 Å². The van der Waals surface area contributed by atoms with Crippen LogP contribution in [0.15, 0.2) is 0 Å². The molecule has 1 N–H and O–H groups in total. The molecule has 1 aromatic heterocycles. The van der Waals surface area contributed by atoms with Crippen LogP contribution in [0.2, 0.25) is 5.02 Å². The topological polar surface area (TPSA) is 29.9 Å². The van der Waals surface area contributed by atoms with Crippen molar-refractivity contribution in [1.82, 2.24) is 15.1 Å². The van der Waals surface area contributed by atoms with E-state index in [4.69, 9.17) is 23.2 Å². The number of unbranched alkanes of at least 4 members (excludes halogenated alkanes) is 3. The van der Waals surface area contributed by atoms with Crippen molar-refractivity contribution < 1.29 is 0 Å². The van der Waals surface area contributed by atoms with Crippen LogP contribution in [0.5, 0.6) is 0 Å². The number of alkyl halides is 1. The number of hydrogen-bond donors (Lipinski definition) is 1. The zero-order valence-corrected chi connectivity index (χ0v) is 12.8. The maximum Gasteiger partial charge on any atom is 0.0863 e. The number of nitrogens with one attached hydrogen (secondary N) is 1. The van der Waals surface area contributed by atoms with Crippen LogP contribution < -0.4 is 5.32 Å². The van der Waals surface area contributed by atoms with Crippen molar-refractivity contribution in [3.8, 4) is 0 Å². The molecule has 5 heteroatoms. The fourth-order valence-electron chi connectivity index (χ4n) is 1.92. The van der Waals surface area contributed by atoms with Gasteiger partial charge in [0.2, 0.25) is 0 Å². The average Bonchev–Trinajstić information content (AvgIpc) is 2.64. The summed E-state index contributed by atoms with van der Waals surface area (Å²) in [6, 6.07) is 0. The van der Waals surface area contributed by atoms with E-state index in [1.807, 2.05) is 11.7 Å². The van der Waals surface area contributed by atoms with E-state index in [-0.39, 0.29) is 0 Å². The zero-order chi connectivity index (χ0) is 13.4. The molecule has 0 radical (unpaired) electrons. The molecule has 1 aromatic rings. The summed E-state index contributed by atoms with van der Waals surface area (Å²) in [6.07, 6.45) is 5.64. The molecule has 0 aliphatic carbocycles. The van der Waals surface area contributed by atoms with Gasteiger partial charge in [0.25, 0.3) is 0 Å². The van der Waals surface area contributed by atoms with Gasteiger partial charge in [-0.3, -0.25) is 4.68 Å². The minimum Gasteiger partial charge on any atom is -0.311 e. The first-order chi connectivity index (χ1) is 8.70. The van der Waals surface area contributed by atoms with Gasteiger partial charge in [0, 0.05) is 19.5 Å². The van der Waals surface area contributed by atoms with Gasteiger partial charge in [0.1, 0.15) is 0 Å². The number of halogens is 2. The van der Waals surface area contributed by atoms with Crippen LogP contribution in [-0.4, -0.2) is 22.2 Å². The van der Waals surface area contributed by atoms with Crippen molar-refractivity contribution in [3.05, 3.63) is 16.4 Å². The molecule has 104 valence electrons. The third-order valence-corrected chi connectivity index (χ3v) is 3.74. The van der Waals surface area contributed by atoms with Gasteiger partial charge >= 0.3 is 0 Å². The summed E-state index contributed by atoms with van der Waals surface area (Å²) in [5.74, 6) is 0.776. The van der Waals surface area contributed by atoms with Crippen LogP contribution in [0.25, 0.3) is 0 Å². The highest BCUT2D eigenvalue weighted by Crippen LogP contribution is 2.20. The Kier molecular flexibility index (Phi) is 7.71. The summed E-state index contributed by atoms with van der Waals surface area (Å²) >= 11 is 11.9. The SMILES string of the molecule is CCc1nn(C)c(CNCCCCCCCl)c1Cl. The highest BCUT2D eigenvalue weighted by atomic mass is 35.5. The first kappa shape index (κ1) is 15.8. The van der Waals surface area contributed by atoms with Crippen molar-refractivity contribution in [2.75, 3.05) is 12.4 Å². The Bertz CT molecular complexity index is 350. The van der Waals surface area contributed by atoms with Crippen LogP contribution in [0, 0.1) is 0 Å². The molecule has 0 aliphatic rings. The Labute approximate surface area is 120 Å². The van der Waals surface area contributed by atoms with Crippen molar-refractivity contribution in [3.63, 3.8) is 0 Å². The van der Waals surface area contributed by atoms with E-state index in [1.54, 1.807) is 0 Å². The van der Waals surface area contributed by atoms with Crippen LogP contribution in [0.3, 0.4) is 0 Å². The predicted octanol–water partition coefficient (Wildman–Crippen LogP) is 3.52. The molecular formula is C13H23Cl2N3. The van der Waals surface area contributed by atoms with E-state index < -0.39 is 0 Å². The number of rotatable bonds is 9. The lowest BCUT2D eigenvalue weighted by atomic mass is 10.2. The smallest absolute Gasteiger partial charge is 0.0863 e. The average molecular weight is 292 g/mol. The molecule has 0 amide bonds. The Morgan fingerprint density at radius 1 is 1.22 bits per heavy atom. The number of hydrogen-bond acceptors (Lipinski definition) is 2. The van der Waals surface area contributed by atoms with E-state index >= 15 is 0 Å². The van der Waals surface area contributed by atoms with Crippen LogP contribution >= 0.6 is 23.2 Å². The van der Waals surface area contributed by atoms with Crippen LogP contribution in [0.1, 0.15) is 44.0 Å². The molecule has 0 aromatic carbocycles. The maximum atomic E-state index is 6.27. The quantitative estimate of drug-likeness (QED) is 0.557. The summed E-state index contributed by atoms with van der Waals surface area (Å²) < 4.78 is 1.88. The third-order valence-electron chi connectivity index (χ3n) is 3.03. The molecule has 0 atom stereocenters. The minimum atomic E-state index is 0.776. The molecule has 0 fully saturated rings. The number of aryl methyl sites for hydroxylation is 2. The Morgan fingerprint density at radius 3 is 2.56 bits per heavy atom. The first-order valence-corrected chi connectivity index (χ1v) is 7.58. The molecule has 0 unspecified atom stereocenters. The van der Waals surface area contributed by atoms with E-state index in [0.29, 0.717) is 0 Å². The Hall–Kier alpha value is -0.250. The second kappa shape index (κ2) is 8.78. The molecule has 0 bridgehead atoms. The highest BCUT2D eigenvalue weighted by molar-refractivity contribution is 6.31. The van der Waals surface area contributed by atoms with Gasteiger partial charge in [0.15, 0.2) is 0 Å². The van der Waals surface area contributed by atoms with Crippen LogP contribution in [-0.2, 0) is 20.0 Å². The van der Waals surface area contributed by atoms with Gasteiger partial charge in [-0.25, -0.2) is 0 Å². The molecule has 0 saturated heterocycles. The zero-order valence-electron chi connectivity index (χ0n) is 11.3. The summed E-state index contributed by atoms with van der Waals surface area (Å²) in [5, 5.41) is 8.63. The molecule has 18 heavy (non-hydrogen) atoms. The van der Waals surface area contributed by atoms with E-state index in [1.165, 1.54) is 19.3 Å². The van der Waals surface area contributed by atoms with Gasteiger partial charge in [-0.15, -0.1) is 11.6 Å². The van der Waals surface area contributed by atoms with Crippen molar-refractivity contribution >= 4 is 23.2 Å². The Morgan fingerprint density at radius 2 is 1.94 bits per heavy atom. The molecule has 3 nitrogen and oxygen atoms in total. The lowest BCUT2D eigenvalue weighted by Gasteiger charge is -2.05. The molecule has 1 rings (SSSR count). The standard InChI is InChI=1S/C13H23Cl2N3/c1-3-11-13(15)12(18(2)17-11)10-16-9-7-5-4-6-8-14/h16H,3-10H2,1-2H3. The normalized spacial score (nSPS) is 11.1. The second-order valence-electron chi connectivity index (χ2n) is 4.46. The van der Waals surface area contributed by atoms with Gasteiger partial charge < -0.3 is 5.32 Å². The molecule has 0 saturated carbocycles. The summed E-state index contributed by atoms with van der Waals surface area (Å²) in [4.78, 5) is 0. The fourth-order valence-corrected chi connectivity index (χ4v) is 2.47. The first-order valence-electron chi connectivity index (χ1n) is 6.67. The third kappa shape index (κ3) is 4.79. The van der Waals surface area contributed by atoms with Gasteiger partial charge in [0.05, 0.1) is 16.4 Å².